The molecule has 2 aromatic carbocycles. The highest BCUT2D eigenvalue weighted by Gasteiger charge is 2.30. The molecule has 1 unspecified atom stereocenters. The Labute approximate surface area is 226 Å². The van der Waals surface area contributed by atoms with Crippen molar-refractivity contribution in [3.8, 4) is 17.0 Å². The highest BCUT2D eigenvalue weighted by atomic mass is 35.5. The molecule has 0 radical (unpaired) electrons. The van der Waals surface area contributed by atoms with Gasteiger partial charge in [-0.15, -0.1) is 0 Å². The number of aromatic nitrogens is 1. The maximum Gasteiger partial charge on any atom is 0.253 e. The Hall–Kier alpha value is -3.04. The number of ether oxygens (including phenoxy) is 1. The number of likely N-dealkylation sites (tertiary alicyclic amines) is 1. The van der Waals surface area contributed by atoms with E-state index in [9.17, 15) is 19.4 Å². The third-order valence-corrected chi connectivity index (χ3v) is 7.26. The minimum atomic E-state index is -1.48. The molecule has 2 heterocycles. The number of aliphatic hydroxyl groups excluding tert-OH is 2. The van der Waals surface area contributed by atoms with E-state index >= 15 is 0 Å². The van der Waals surface area contributed by atoms with Crippen LogP contribution in [0.5, 0.6) is 5.75 Å². The van der Waals surface area contributed by atoms with Crippen molar-refractivity contribution in [2.24, 2.45) is 0 Å². The summed E-state index contributed by atoms with van der Waals surface area (Å²) in [6, 6.07) is 13.7. The third kappa shape index (κ3) is 6.50. The van der Waals surface area contributed by atoms with Crippen LogP contribution in [-0.2, 0) is 4.79 Å². The summed E-state index contributed by atoms with van der Waals surface area (Å²) < 4.78 is 19.0. The van der Waals surface area contributed by atoms with Gasteiger partial charge < -0.3 is 25.2 Å². The lowest BCUT2D eigenvalue weighted by atomic mass is 10.0. The molecule has 2 aliphatic rings. The third-order valence-electron chi connectivity index (χ3n) is 6.97. The van der Waals surface area contributed by atoms with Gasteiger partial charge in [0.05, 0.1) is 22.9 Å². The smallest absolute Gasteiger partial charge is 0.253 e. The molecule has 200 valence electrons. The van der Waals surface area contributed by atoms with E-state index in [0.717, 1.165) is 44.3 Å². The first-order chi connectivity index (χ1) is 18.4. The molecule has 9 heteroatoms. The van der Waals surface area contributed by atoms with Crippen LogP contribution >= 0.6 is 11.6 Å². The van der Waals surface area contributed by atoms with E-state index in [0.29, 0.717) is 34.1 Å². The molecular weight excluding hydrogens is 509 g/mol. The lowest BCUT2D eigenvalue weighted by molar-refractivity contribution is -0.131. The van der Waals surface area contributed by atoms with Crippen LogP contribution in [0.15, 0.2) is 60.8 Å². The van der Waals surface area contributed by atoms with Crippen molar-refractivity contribution < 1.29 is 24.1 Å². The van der Waals surface area contributed by atoms with Gasteiger partial charge >= 0.3 is 0 Å². The van der Waals surface area contributed by atoms with E-state index in [4.69, 9.17) is 16.3 Å². The molecule has 3 aromatic rings. The molecule has 3 atom stereocenters. The first-order valence-corrected chi connectivity index (χ1v) is 13.3. The highest BCUT2D eigenvalue weighted by molar-refractivity contribution is 6.32. The number of nitrogens with zero attached hydrogens (tertiary/aromatic N) is 2. The average molecular weight is 540 g/mol. The van der Waals surface area contributed by atoms with Crippen LogP contribution in [0.2, 0.25) is 5.02 Å². The second kappa shape index (κ2) is 11.8. The van der Waals surface area contributed by atoms with Crippen LogP contribution in [0.4, 0.5) is 4.39 Å². The number of benzene rings is 2. The molecular formula is C29H31ClFN3O4. The van der Waals surface area contributed by atoms with Crippen LogP contribution in [0.3, 0.4) is 0 Å². The molecule has 1 aliphatic carbocycles. The lowest BCUT2D eigenvalue weighted by Crippen LogP contribution is -2.48. The van der Waals surface area contributed by atoms with Gasteiger partial charge in [-0.1, -0.05) is 23.7 Å². The minimum Gasteiger partial charge on any atom is -0.489 e. The van der Waals surface area contributed by atoms with Crippen LogP contribution in [0.25, 0.3) is 11.3 Å². The van der Waals surface area contributed by atoms with Crippen molar-refractivity contribution in [1.29, 1.82) is 0 Å². The van der Waals surface area contributed by atoms with Crippen LogP contribution in [0.1, 0.15) is 49.0 Å². The molecule has 3 N–H and O–H groups in total. The summed E-state index contributed by atoms with van der Waals surface area (Å²) >= 11 is 6.42. The van der Waals surface area contributed by atoms with Gasteiger partial charge in [0.2, 0.25) is 0 Å². The summed E-state index contributed by atoms with van der Waals surface area (Å²) in [7, 11) is 0. The summed E-state index contributed by atoms with van der Waals surface area (Å²) in [6.45, 7) is 2.19. The fraction of sp³-hybridized carbons (Fsp3) is 0.379. The zero-order valence-electron chi connectivity index (χ0n) is 20.9. The number of rotatable bonds is 10. The summed E-state index contributed by atoms with van der Waals surface area (Å²) in [5, 5.41) is 25.3. The van der Waals surface area contributed by atoms with E-state index in [1.54, 1.807) is 42.5 Å². The molecule has 2 fully saturated rings. The first-order valence-electron chi connectivity index (χ1n) is 12.9. The Bertz CT molecular complexity index is 1250. The van der Waals surface area contributed by atoms with Crippen molar-refractivity contribution in [3.63, 3.8) is 0 Å². The molecule has 1 amide bonds. The summed E-state index contributed by atoms with van der Waals surface area (Å²) in [5.74, 6) is -0.394. The van der Waals surface area contributed by atoms with E-state index in [-0.39, 0.29) is 11.9 Å². The topological polar surface area (TPSA) is 94.9 Å². The summed E-state index contributed by atoms with van der Waals surface area (Å²) in [4.78, 5) is 19.6. The number of aliphatic hydroxyl groups is 2. The fourth-order valence-corrected chi connectivity index (χ4v) is 4.87. The molecule has 1 saturated carbocycles. The van der Waals surface area contributed by atoms with Gasteiger partial charge in [0, 0.05) is 23.9 Å². The number of carbonyl (C=O) groups excluding carboxylic acids is 1. The van der Waals surface area contributed by atoms with Crippen molar-refractivity contribution in [2.45, 2.75) is 50.0 Å². The van der Waals surface area contributed by atoms with Crippen molar-refractivity contribution >= 4 is 17.5 Å². The van der Waals surface area contributed by atoms with Crippen molar-refractivity contribution in [1.82, 2.24) is 15.2 Å². The number of hydrogen-bond donors (Lipinski definition) is 3. The van der Waals surface area contributed by atoms with Gasteiger partial charge in [-0.05, 0) is 86.8 Å². The zero-order chi connectivity index (χ0) is 26.6. The highest BCUT2D eigenvalue weighted by Crippen LogP contribution is 2.34. The normalized spacial score (nSPS) is 18.1. The Balaban J connectivity index is 1.29. The predicted molar refractivity (Wildman–Crippen MR) is 142 cm³/mol. The van der Waals surface area contributed by atoms with Crippen molar-refractivity contribution in [2.75, 3.05) is 19.6 Å². The molecule has 38 heavy (non-hydrogen) atoms. The summed E-state index contributed by atoms with van der Waals surface area (Å²) in [6.07, 6.45) is 3.25. The Morgan fingerprint density at radius 2 is 1.79 bits per heavy atom. The molecule has 5 rings (SSSR count). The monoisotopic (exact) mass is 539 g/mol. The Kier molecular flexibility index (Phi) is 8.24. The van der Waals surface area contributed by atoms with Gasteiger partial charge in [-0.25, -0.2) is 4.39 Å². The standard InChI is InChI=1S/C29H31ClFN3O4/c30-23-15-19(6-12-26(23)38-22-9-10-22)27(35)25(17-34-13-1-2-14-34)33-29(37)28(36)20-5-11-24(32-16-20)18-3-7-21(31)8-4-18/h3-8,11-12,15-16,22,25,27-28,35-36H,1-2,9-10,13-14,17H2,(H,33,37)/t25-,27-,28?/m1/s1. The second-order valence-corrected chi connectivity index (χ2v) is 10.4. The number of hydrogen-bond acceptors (Lipinski definition) is 6. The Morgan fingerprint density at radius 1 is 1.08 bits per heavy atom. The number of pyridine rings is 1. The lowest BCUT2D eigenvalue weighted by Gasteiger charge is -2.29. The SMILES string of the molecule is O=C(N[C@H](CN1CCCC1)[C@H](O)c1ccc(OC2CC2)c(Cl)c1)C(O)c1ccc(-c2ccc(F)cc2)nc1. The number of halogens is 2. The van der Waals surface area contributed by atoms with E-state index in [2.05, 4.69) is 15.2 Å². The quantitative estimate of drug-likeness (QED) is 0.353. The van der Waals surface area contributed by atoms with E-state index < -0.39 is 24.2 Å². The molecule has 1 aliphatic heterocycles. The minimum absolute atomic E-state index is 0.200. The predicted octanol–water partition coefficient (Wildman–Crippen LogP) is 4.43. The number of amides is 1. The second-order valence-electron chi connectivity index (χ2n) is 9.96. The first kappa shape index (κ1) is 26.6. The maximum atomic E-state index is 13.2. The zero-order valence-corrected chi connectivity index (χ0v) is 21.6. The number of carbonyl (C=O) groups is 1. The van der Waals surface area contributed by atoms with E-state index in [1.807, 2.05) is 0 Å². The molecule has 1 saturated heterocycles. The molecule has 0 bridgehead atoms. The average Bonchev–Trinajstić information content (AvgIpc) is 3.60. The maximum absolute atomic E-state index is 13.2. The van der Waals surface area contributed by atoms with E-state index in [1.165, 1.54) is 18.3 Å². The van der Waals surface area contributed by atoms with Crippen LogP contribution in [0, 0.1) is 5.82 Å². The summed E-state index contributed by atoms with van der Waals surface area (Å²) in [5.41, 5.74) is 2.18. The van der Waals surface area contributed by atoms with Gasteiger partial charge in [0.15, 0.2) is 6.10 Å². The van der Waals surface area contributed by atoms with Crippen LogP contribution in [-0.4, -0.2) is 57.8 Å². The van der Waals surface area contributed by atoms with Crippen LogP contribution < -0.4 is 10.1 Å². The van der Waals surface area contributed by atoms with Gasteiger partial charge in [-0.3, -0.25) is 9.78 Å². The molecule has 0 spiro atoms. The van der Waals surface area contributed by atoms with Gasteiger partial charge in [0.1, 0.15) is 17.7 Å². The van der Waals surface area contributed by atoms with Gasteiger partial charge in [0.25, 0.3) is 5.91 Å². The molecule has 1 aromatic heterocycles. The Morgan fingerprint density at radius 3 is 2.42 bits per heavy atom. The largest absolute Gasteiger partial charge is 0.489 e. The fourth-order valence-electron chi connectivity index (χ4n) is 4.63. The van der Waals surface area contributed by atoms with Crippen molar-refractivity contribution in [3.05, 3.63) is 82.8 Å². The van der Waals surface area contributed by atoms with Gasteiger partial charge in [-0.2, -0.15) is 0 Å². The number of nitrogens with one attached hydrogen (secondary N) is 1. The molecule has 7 nitrogen and oxygen atoms in total.